The minimum Gasteiger partial charge on any atom is -0.462 e. The van der Waals surface area contributed by atoms with Crippen LogP contribution in [0.4, 0.5) is 0 Å². The molecule has 0 aromatic heterocycles. The van der Waals surface area contributed by atoms with Gasteiger partial charge in [0.1, 0.15) is 13.2 Å². The van der Waals surface area contributed by atoms with E-state index in [9.17, 15) is 14.4 Å². The molecule has 6 heteroatoms. The first kappa shape index (κ1) is 75.3. The summed E-state index contributed by atoms with van der Waals surface area (Å²) in [6, 6.07) is 0. The Labute approximate surface area is 489 Å². The standard InChI is InChI=1S/C73H126O6/c1-4-7-10-13-16-19-22-25-28-30-32-34-36-38-40-42-45-48-51-54-57-60-63-66-72(75)78-69-70(68-77-71(74)65-62-59-56-53-50-47-44-27-24-21-18-15-12-9-6-3)79-73(76)67-64-61-58-55-52-49-46-43-41-39-37-35-33-31-29-26-23-20-17-14-11-8-5-2/h7,10,16,19,23,25-28,31-34,37,39,44,70H,4-6,8-9,11-15,17-18,20-22,24,29-30,35-36,38,40-43,45-69H2,1-3H3/b10-7-,19-16-,26-23-,28-25-,33-31-,34-32-,39-37-,44-27-. The molecular weight excluding hydrogens is 973 g/mol. The van der Waals surface area contributed by atoms with Crippen LogP contribution in [0.1, 0.15) is 329 Å². The van der Waals surface area contributed by atoms with E-state index in [1.165, 1.54) is 180 Å². The lowest BCUT2D eigenvalue weighted by atomic mass is 10.1. The summed E-state index contributed by atoms with van der Waals surface area (Å²) in [5, 5.41) is 0. The van der Waals surface area contributed by atoms with Gasteiger partial charge in [0, 0.05) is 19.3 Å². The number of carbonyl (C=O) groups excluding carboxylic acids is 3. The molecule has 0 aliphatic heterocycles. The summed E-state index contributed by atoms with van der Waals surface area (Å²) in [4.78, 5) is 38.4. The first-order valence-electron chi connectivity index (χ1n) is 33.7. The molecule has 1 atom stereocenters. The van der Waals surface area contributed by atoms with Crippen LogP contribution in [0, 0.1) is 0 Å². The molecule has 6 nitrogen and oxygen atoms in total. The number of hydrogen-bond donors (Lipinski definition) is 0. The van der Waals surface area contributed by atoms with E-state index in [4.69, 9.17) is 14.2 Å². The molecule has 0 radical (unpaired) electrons. The Hall–Kier alpha value is -3.67. The number of rotatable bonds is 61. The predicted molar refractivity (Wildman–Crippen MR) is 344 cm³/mol. The van der Waals surface area contributed by atoms with Crippen molar-refractivity contribution in [3.63, 3.8) is 0 Å². The third-order valence-electron chi connectivity index (χ3n) is 14.5. The fourth-order valence-electron chi connectivity index (χ4n) is 9.50. The van der Waals surface area contributed by atoms with Crippen molar-refractivity contribution in [2.45, 2.75) is 335 Å². The summed E-state index contributed by atoms with van der Waals surface area (Å²) < 4.78 is 17.0. The van der Waals surface area contributed by atoms with E-state index in [1.54, 1.807) is 0 Å². The molecule has 0 bridgehead atoms. The zero-order valence-corrected chi connectivity index (χ0v) is 52.1. The lowest BCUT2D eigenvalue weighted by molar-refractivity contribution is -0.167. The molecule has 0 spiro atoms. The summed E-state index contributed by atoms with van der Waals surface area (Å²) in [5.41, 5.74) is 0. The first-order chi connectivity index (χ1) is 39.0. The Balaban J connectivity index is 4.38. The highest BCUT2D eigenvalue weighted by molar-refractivity contribution is 5.71. The van der Waals surface area contributed by atoms with Crippen molar-refractivity contribution in [1.29, 1.82) is 0 Å². The zero-order chi connectivity index (χ0) is 57.1. The fraction of sp³-hybridized carbons (Fsp3) is 0.740. The van der Waals surface area contributed by atoms with Crippen LogP contribution in [0.3, 0.4) is 0 Å². The van der Waals surface area contributed by atoms with E-state index >= 15 is 0 Å². The second-order valence-corrected chi connectivity index (χ2v) is 22.3. The van der Waals surface area contributed by atoms with Crippen LogP contribution in [0.2, 0.25) is 0 Å². The zero-order valence-electron chi connectivity index (χ0n) is 52.1. The molecule has 0 aliphatic rings. The van der Waals surface area contributed by atoms with Gasteiger partial charge < -0.3 is 14.2 Å². The summed E-state index contributed by atoms with van der Waals surface area (Å²) in [6.07, 6.45) is 89.8. The quantitative estimate of drug-likeness (QED) is 0.0261. The number of unbranched alkanes of at least 4 members (excludes halogenated alkanes) is 34. The van der Waals surface area contributed by atoms with E-state index in [-0.39, 0.29) is 31.1 Å². The van der Waals surface area contributed by atoms with Gasteiger partial charge in [-0.3, -0.25) is 14.4 Å². The highest BCUT2D eigenvalue weighted by Gasteiger charge is 2.19. The molecule has 0 rings (SSSR count). The van der Waals surface area contributed by atoms with E-state index in [2.05, 4.69) is 118 Å². The molecule has 0 N–H and O–H groups in total. The van der Waals surface area contributed by atoms with E-state index in [0.717, 1.165) is 109 Å². The van der Waals surface area contributed by atoms with Gasteiger partial charge in [-0.15, -0.1) is 0 Å². The van der Waals surface area contributed by atoms with Crippen molar-refractivity contribution in [3.05, 3.63) is 97.2 Å². The number of hydrogen-bond acceptors (Lipinski definition) is 6. The average molecular weight is 1100 g/mol. The van der Waals surface area contributed by atoms with Crippen LogP contribution < -0.4 is 0 Å². The van der Waals surface area contributed by atoms with Gasteiger partial charge in [-0.25, -0.2) is 0 Å². The molecular formula is C73H126O6. The smallest absolute Gasteiger partial charge is 0.306 e. The second-order valence-electron chi connectivity index (χ2n) is 22.3. The lowest BCUT2D eigenvalue weighted by Crippen LogP contribution is -2.30. The van der Waals surface area contributed by atoms with E-state index < -0.39 is 6.10 Å². The van der Waals surface area contributed by atoms with Crippen LogP contribution in [-0.2, 0) is 28.6 Å². The maximum absolute atomic E-state index is 12.9. The number of allylic oxidation sites excluding steroid dienone is 16. The Kier molecular flexibility index (Phi) is 63.7. The fourth-order valence-corrected chi connectivity index (χ4v) is 9.50. The summed E-state index contributed by atoms with van der Waals surface area (Å²) in [5.74, 6) is -0.891. The largest absolute Gasteiger partial charge is 0.462 e. The maximum Gasteiger partial charge on any atom is 0.306 e. The highest BCUT2D eigenvalue weighted by atomic mass is 16.6. The van der Waals surface area contributed by atoms with Crippen LogP contribution in [-0.4, -0.2) is 37.2 Å². The average Bonchev–Trinajstić information content (AvgIpc) is 3.45. The first-order valence-corrected chi connectivity index (χ1v) is 33.7. The molecule has 454 valence electrons. The molecule has 0 aliphatic carbocycles. The number of carbonyl (C=O) groups is 3. The second kappa shape index (κ2) is 66.8. The SMILES string of the molecule is CC/C=C\C/C=C\C/C=C\C/C=C\CCCCCCCCCCCCC(=O)OCC(COC(=O)CCCCCCC/C=C\CCCCCCCC)OC(=O)CCCCCCCCCC/C=C\C/C=C\C/C=C\CCCCCCC. The molecule has 0 saturated carbocycles. The highest BCUT2D eigenvalue weighted by Crippen LogP contribution is 2.16. The van der Waals surface area contributed by atoms with Gasteiger partial charge in [0.2, 0.25) is 0 Å². The molecule has 1 unspecified atom stereocenters. The van der Waals surface area contributed by atoms with Crippen molar-refractivity contribution in [2.24, 2.45) is 0 Å². The Morgan fingerprint density at radius 2 is 0.494 bits per heavy atom. The van der Waals surface area contributed by atoms with E-state index in [0.29, 0.717) is 19.3 Å². The number of ether oxygens (including phenoxy) is 3. The van der Waals surface area contributed by atoms with Crippen molar-refractivity contribution in [1.82, 2.24) is 0 Å². The Morgan fingerprint density at radius 3 is 0.785 bits per heavy atom. The summed E-state index contributed by atoms with van der Waals surface area (Å²) >= 11 is 0. The van der Waals surface area contributed by atoms with Gasteiger partial charge in [-0.1, -0.05) is 285 Å². The molecule has 0 fully saturated rings. The summed E-state index contributed by atoms with van der Waals surface area (Å²) in [6.45, 7) is 6.53. The predicted octanol–water partition coefficient (Wildman–Crippen LogP) is 23.2. The normalized spacial score (nSPS) is 12.7. The minimum atomic E-state index is -0.789. The van der Waals surface area contributed by atoms with Gasteiger partial charge in [0.25, 0.3) is 0 Å². The molecule has 0 amide bonds. The Bertz CT molecular complexity index is 1540. The lowest BCUT2D eigenvalue weighted by Gasteiger charge is -2.18. The van der Waals surface area contributed by atoms with Crippen molar-refractivity contribution < 1.29 is 28.6 Å². The van der Waals surface area contributed by atoms with Crippen LogP contribution in [0.15, 0.2) is 97.2 Å². The molecule has 0 aromatic rings. The third kappa shape index (κ3) is 65.0. The Morgan fingerprint density at radius 1 is 0.266 bits per heavy atom. The van der Waals surface area contributed by atoms with Gasteiger partial charge >= 0.3 is 17.9 Å². The summed E-state index contributed by atoms with van der Waals surface area (Å²) in [7, 11) is 0. The maximum atomic E-state index is 12.9. The molecule has 0 saturated heterocycles. The van der Waals surface area contributed by atoms with Crippen molar-refractivity contribution in [3.8, 4) is 0 Å². The monoisotopic (exact) mass is 1100 g/mol. The van der Waals surface area contributed by atoms with Crippen LogP contribution >= 0.6 is 0 Å². The number of esters is 3. The van der Waals surface area contributed by atoms with Crippen molar-refractivity contribution >= 4 is 17.9 Å². The molecule has 0 aromatic carbocycles. The molecule has 0 heterocycles. The van der Waals surface area contributed by atoms with Gasteiger partial charge in [-0.05, 0) is 122 Å². The van der Waals surface area contributed by atoms with E-state index in [1.807, 2.05) is 0 Å². The van der Waals surface area contributed by atoms with Gasteiger partial charge in [-0.2, -0.15) is 0 Å². The van der Waals surface area contributed by atoms with Gasteiger partial charge in [0.15, 0.2) is 6.10 Å². The third-order valence-corrected chi connectivity index (χ3v) is 14.5. The molecule has 79 heavy (non-hydrogen) atoms. The minimum absolute atomic E-state index is 0.0846. The van der Waals surface area contributed by atoms with Crippen molar-refractivity contribution in [2.75, 3.05) is 13.2 Å². The van der Waals surface area contributed by atoms with Crippen LogP contribution in [0.5, 0.6) is 0 Å². The topological polar surface area (TPSA) is 78.9 Å². The van der Waals surface area contributed by atoms with Gasteiger partial charge in [0.05, 0.1) is 0 Å². The van der Waals surface area contributed by atoms with Crippen LogP contribution in [0.25, 0.3) is 0 Å².